The molecule has 0 aliphatic carbocycles. The van der Waals surface area contributed by atoms with Gasteiger partial charge >= 0.3 is 5.97 Å². The molecule has 0 saturated carbocycles. The molecule has 1 atom stereocenters. The number of thioether (sulfide) groups is 1. The van der Waals surface area contributed by atoms with Gasteiger partial charge < -0.3 is 14.8 Å². The van der Waals surface area contributed by atoms with E-state index in [1.807, 2.05) is 58.9 Å². The van der Waals surface area contributed by atoms with Crippen LogP contribution >= 0.6 is 11.8 Å². The number of rotatable bonds is 8. The summed E-state index contributed by atoms with van der Waals surface area (Å²) in [7, 11) is 0. The summed E-state index contributed by atoms with van der Waals surface area (Å²) in [5, 5.41) is 8.61. The fourth-order valence-corrected chi connectivity index (χ4v) is 3.92. The van der Waals surface area contributed by atoms with E-state index in [-0.39, 0.29) is 18.2 Å². The summed E-state index contributed by atoms with van der Waals surface area (Å²) in [6.45, 7) is 11.7. The smallest absolute Gasteiger partial charge is 0.338 e. The molecule has 2 heterocycles. The zero-order valence-corrected chi connectivity index (χ0v) is 19.2. The van der Waals surface area contributed by atoms with Gasteiger partial charge in [0.25, 0.3) is 0 Å². The van der Waals surface area contributed by atoms with E-state index in [2.05, 4.69) is 17.2 Å². The van der Waals surface area contributed by atoms with Gasteiger partial charge in [-0.25, -0.2) is 9.48 Å². The number of ether oxygens (including phenoxy) is 2. The Morgan fingerprint density at radius 2 is 1.90 bits per heavy atom. The second-order valence-electron chi connectivity index (χ2n) is 7.77. The van der Waals surface area contributed by atoms with Crippen LogP contribution in [-0.2, 0) is 9.53 Å². The maximum Gasteiger partial charge on any atom is 0.338 e. The number of fused-ring (bicyclic) bond motifs is 1. The van der Waals surface area contributed by atoms with Crippen LogP contribution in [0.5, 0.6) is 5.75 Å². The molecule has 1 N–H and O–H groups in total. The third kappa shape index (κ3) is 4.98. The number of carbonyl (C=O) groups is 1. The van der Waals surface area contributed by atoms with E-state index in [0.717, 1.165) is 29.2 Å². The van der Waals surface area contributed by atoms with Crippen molar-refractivity contribution in [3.05, 3.63) is 41.1 Å². The van der Waals surface area contributed by atoms with E-state index >= 15 is 0 Å². The summed E-state index contributed by atoms with van der Waals surface area (Å²) < 4.78 is 13.1. The first-order valence-electron chi connectivity index (χ1n) is 10.3. The minimum absolute atomic E-state index is 0.0912. The van der Waals surface area contributed by atoms with Crippen LogP contribution in [0.2, 0.25) is 0 Å². The molecule has 1 unspecified atom stereocenters. The first kappa shape index (κ1) is 22.2. The van der Waals surface area contributed by atoms with Crippen molar-refractivity contribution in [3.63, 3.8) is 0 Å². The number of benzene rings is 1. The Morgan fingerprint density at radius 1 is 1.20 bits per heavy atom. The van der Waals surface area contributed by atoms with Crippen molar-refractivity contribution in [2.45, 2.75) is 71.4 Å². The van der Waals surface area contributed by atoms with Crippen molar-refractivity contribution in [2.24, 2.45) is 0 Å². The molecule has 0 bridgehead atoms. The van der Waals surface area contributed by atoms with Gasteiger partial charge in [0.2, 0.25) is 11.1 Å². The Hall–Kier alpha value is -2.48. The lowest BCUT2D eigenvalue weighted by molar-refractivity contribution is -0.143. The number of anilines is 1. The first-order chi connectivity index (χ1) is 14.3. The zero-order chi connectivity index (χ0) is 21.8. The van der Waals surface area contributed by atoms with Gasteiger partial charge in [-0.2, -0.15) is 4.98 Å². The molecule has 0 fully saturated rings. The zero-order valence-electron chi connectivity index (χ0n) is 18.4. The average molecular weight is 431 g/mol. The minimum atomic E-state index is -0.427. The second-order valence-corrected chi connectivity index (χ2v) is 8.83. The molecule has 30 heavy (non-hydrogen) atoms. The lowest BCUT2D eigenvalue weighted by Gasteiger charge is -2.28. The number of nitrogens with zero attached hydrogens (tertiary/aromatic N) is 3. The predicted octanol–water partition coefficient (Wildman–Crippen LogP) is 4.81. The monoisotopic (exact) mass is 430 g/mol. The number of carbonyl (C=O) groups excluding carboxylic acids is 1. The third-order valence-corrected chi connectivity index (χ3v) is 5.44. The Bertz CT molecular complexity index is 919. The molecule has 0 amide bonds. The van der Waals surface area contributed by atoms with E-state index in [1.54, 1.807) is 16.4 Å². The summed E-state index contributed by atoms with van der Waals surface area (Å²) in [5.41, 5.74) is 2.17. The highest BCUT2D eigenvalue weighted by Crippen LogP contribution is 2.37. The number of hydrogen-bond acceptors (Lipinski definition) is 7. The quantitative estimate of drug-likeness (QED) is 0.476. The van der Waals surface area contributed by atoms with Crippen LogP contribution in [-0.4, -0.2) is 38.7 Å². The fraction of sp³-hybridized carbons (Fsp3) is 0.500. The Morgan fingerprint density at radius 3 is 2.50 bits per heavy atom. The fourth-order valence-electron chi connectivity index (χ4n) is 3.24. The second kappa shape index (κ2) is 9.55. The number of aromatic nitrogens is 3. The molecular weight excluding hydrogens is 400 g/mol. The van der Waals surface area contributed by atoms with Gasteiger partial charge in [0.1, 0.15) is 11.8 Å². The van der Waals surface area contributed by atoms with Gasteiger partial charge in [-0.3, -0.25) is 0 Å². The van der Waals surface area contributed by atoms with Crippen molar-refractivity contribution >= 4 is 23.7 Å². The topological polar surface area (TPSA) is 78.3 Å². The summed E-state index contributed by atoms with van der Waals surface area (Å²) in [6.07, 6.45) is 0.910. The highest BCUT2D eigenvalue weighted by Gasteiger charge is 2.35. The van der Waals surface area contributed by atoms with Crippen molar-refractivity contribution < 1.29 is 14.3 Å². The van der Waals surface area contributed by atoms with Crippen molar-refractivity contribution in [2.75, 3.05) is 11.1 Å². The molecule has 1 aromatic heterocycles. The molecule has 1 aromatic carbocycles. The normalized spacial score (nSPS) is 15.9. The molecular formula is C22H30N4O3S. The van der Waals surface area contributed by atoms with Gasteiger partial charge in [-0.05, 0) is 58.7 Å². The Kier molecular flexibility index (Phi) is 7.07. The summed E-state index contributed by atoms with van der Waals surface area (Å²) in [4.78, 5) is 17.6. The average Bonchev–Trinajstić information content (AvgIpc) is 3.07. The summed E-state index contributed by atoms with van der Waals surface area (Å²) >= 11 is 1.60. The van der Waals surface area contributed by atoms with Gasteiger partial charge in [0, 0.05) is 11.4 Å². The van der Waals surface area contributed by atoms with E-state index in [0.29, 0.717) is 16.7 Å². The summed E-state index contributed by atoms with van der Waals surface area (Å²) in [5.74, 6) is 1.99. The van der Waals surface area contributed by atoms with Gasteiger partial charge in [0.05, 0.1) is 17.8 Å². The van der Waals surface area contributed by atoms with Crippen LogP contribution < -0.4 is 10.1 Å². The van der Waals surface area contributed by atoms with Crippen LogP contribution in [0, 0.1) is 0 Å². The predicted molar refractivity (Wildman–Crippen MR) is 119 cm³/mol. The molecule has 1 aliphatic heterocycles. The van der Waals surface area contributed by atoms with Crippen LogP contribution in [0.3, 0.4) is 0 Å². The molecule has 8 heteroatoms. The Labute approximate surface area is 182 Å². The molecule has 0 saturated heterocycles. The standard InChI is InChI=1S/C22H30N4O3S/c1-7-12-30-22-24-21-23-15(6)18(20(27)29-14(4)5)19(26(21)25-22)16-8-10-17(11-9-16)28-13(2)3/h8-11,13-14,19H,7,12H2,1-6H3,(H,23,24,25). The van der Waals surface area contributed by atoms with Crippen LogP contribution in [0.15, 0.2) is 40.7 Å². The van der Waals surface area contributed by atoms with E-state index in [4.69, 9.17) is 14.6 Å². The molecule has 2 aromatic rings. The minimum Gasteiger partial charge on any atom is -0.491 e. The van der Waals surface area contributed by atoms with Crippen LogP contribution in [0.4, 0.5) is 5.95 Å². The number of esters is 1. The van der Waals surface area contributed by atoms with Crippen LogP contribution in [0.25, 0.3) is 0 Å². The van der Waals surface area contributed by atoms with Gasteiger partial charge in [-0.1, -0.05) is 30.8 Å². The number of nitrogens with one attached hydrogen (secondary N) is 1. The van der Waals surface area contributed by atoms with E-state index < -0.39 is 6.04 Å². The SMILES string of the molecule is CCCSc1nc2n(n1)C(c1ccc(OC(C)C)cc1)C(C(=O)OC(C)C)=C(C)N2. The molecule has 7 nitrogen and oxygen atoms in total. The lowest BCUT2D eigenvalue weighted by Crippen LogP contribution is -2.30. The molecule has 3 rings (SSSR count). The summed E-state index contributed by atoms with van der Waals surface area (Å²) in [6, 6.07) is 7.34. The molecule has 0 spiro atoms. The van der Waals surface area contributed by atoms with E-state index in [9.17, 15) is 4.79 Å². The van der Waals surface area contributed by atoms with Gasteiger partial charge in [-0.15, -0.1) is 5.10 Å². The van der Waals surface area contributed by atoms with Crippen molar-refractivity contribution in [1.29, 1.82) is 0 Å². The largest absolute Gasteiger partial charge is 0.491 e. The highest BCUT2D eigenvalue weighted by molar-refractivity contribution is 7.99. The van der Waals surface area contributed by atoms with Gasteiger partial charge in [0.15, 0.2) is 0 Å². The number of hydrogen-bond donors (Lipinski definition) is 1. The lowest BCUT2D eigenvalue weighted by atomic mass is 9.95. The maximum atomic E-state index is 13.0. The van der Waals surface area contributed by atoms with E-state index in [1.165, 1.54) is 0 Å². The molecule has 1 aliphatic rings. The van der Waals surface area contributed by atoms with Crippen molar-refractivity contribution in [1.82, 2.24) is 14.8 Å². The first-order valence-corrected chi connectivity index (χ1v) is 11.3. The Balaban J connectivity index is 2.03. The third-order valence-electron chi connectivity index (χ3n) is 4.40. The maximum absolute atomic E-state index is 13.0. The molecule has 0 radical (unpaired) electrons. The van der Waals surface area contributed by atoms with Crippen molar-refractivity contribution in [3.8, 4) is 5.75 Å². The molecule has 162 valence electrons. The van der Waals surface area contributed by atoms with Crippen LogP contribution in [0.1, 0.15) is 59.6 Å². The number of allylic oxidation sites excluding steroid dienone is 1. The highest BCUT2D eigenvalue weighted by atomic mass is 32.2.